The van der Waals surface area contributed by atoms with Crippen LogP contribution < -0.4 is 5.32 Å². The molecule has 11 heteroatoms. The van der Waals surface area contributed by atoms with Crippen molar-refractivity contribution in [1.82, 2.24) is 25.4 Å². The summed E-state index contributed by atoms with van der Waals surface area (Å²) in [4.78, 5) is 23.7. The van der Waals surface area contributed by atoms with E-state index in [-0.39, 0.29) is 13.2 Å². The highest BCUT2D eigenvalue weighted by Gasteiger charge is 2.35. The van der Waals surface area contributed by atoms with Crippen molar-refractivity contribution in [2.75, 3.05) is 26.2 Å². The highest BCUT2D eigenvalue weighted by atomic mass is 79.9. The van der Waals surface area contributed by atoms with E-state index in [9.17, 15) is 13.6 Å². The molecule has 2 atom stereocenters. The summed E-state index contributed by atoms with van der Waals surface area (Å²) in [5.74, 6) is -0.203. The van der Waals surface area contributed by atoms with Crippen molar-refractivity contribution in [2.45, 2.75) is 25.6 Å². The van der Waals surface area contributed by atoms with Crippen LogP contribution in [0.3, 0.4) is 0 Å². The van der Waals surface area contributed by atoms with Crippen LogP contribution >= 0.6 is 15.9 Å². The molecule has 2 aliphatic heterocycles. The largest absolute Gasteiger partial charge is 0.463 e. The quantitative estimate of drug-likeness (QED) is 0.599. The SMILES string of the molecule is CCOC(=O)C1=C(CN2CC[C@@H](F)C2)NC(c2ncn[nH]2)=NC1c1ccc(F)cc1Br. The molecule has 1 aromatic carbocycles. The average Bonchev–Trinajstić information content (AvgIpc) is 3.40. The fourth-order valence-electron chi connectivity index (χ4n) is 3.71. The number of alkyl halides is 1. The predicted octanol–water partition coefficient (Wildman–Crippen LogP) is 2.66. The summed E-state index contributed by atoms with van der Waals surface area (Å²) >= 11 is 3.38. The van der Waals surface area contributed by atoms with Gasteiger partial charge in [-0.2, -0.15) is 5.10 Å². The third-order valence-electron chi connectivity index (χ3n) is 5.11. The van der Waals surface area contributed by atoms with Gasteiger partial charge in [-0.15, -0.1) is 0 Å². The van der Waals surface area contributed by atoms with Gasteiger partial charge in [0.2, 0.25) is 0 Å². The number of aromatic nitrogens is 3. The number of benzene rings is 1. The van der Waals surface area contributed by atoms with Crippen molar-refractivity contribution in [3.05, 3.63) is 57.5 Å². The number of aliphatic imine (C=N–C) groups is 1. The van der Waals surface area contributed by atoms with E-state index in [1.807, 2.05) is 4.90 Å². The summed E-state index contributed by atoms with van der Waals surface area (Å²) in [6.45, 7) is 3.05. The van der Waals surface area contributed by atoms with Gasteiger partial charge in [-0.05, 0) is 31.0 Å². The van der Waals surface area contributed by atoms with Gasteiger partial charge in [0.15, 0.2) is 11.7 Å². The Morgan fingerprint density at radius 3 is 2.90 bits per heavy atom. The Labute approximate surface area is 185 Å². The lowest BCUT2D eigenvalue weighted by Crippen LogP contribution is -2.39. The molecule has 1 aromatic heterocycles. The average molecular weight is 495 g/mol. The lowest BCUT2D eigenvalue weighted by atomic mass is 9.95. The number of aromatic amines is 1. The number of hydrogen-bond donors (Lipinski definition) is 2. The third-order valence-corrected chi connectivity index (χ3v) is 5.80. The third kappa shape index (κ3) is 4.67. The van der Waals surface area contributed by atoms with Gasteiger partial charge in [0.05, 0.1) is 12.2 Å². The predicted molar refractivity (Wildman–Crippen MR) is 113 cm³/mol. The number of halogens is 3. The minimum atomic E-state index is -0.903. The normalized spacial score (nSPS) is 21.7. The van der Waals surface area contributed by atoms with Gasteiger partial charge in [0.25, 0.3) is 0 Å². The topological polar surface area (TPSA) is 95.5 Å². The number of rotatable bonds is 6. The van der Waals surface area contributed by atoms with Gasteiger partial charge in [0, 0.05) is 29.8 Å². The number of carbonyl (C=O) groups excluding carboxylic acids is 1. The molecule has 2 N–H and O–H groups in total. The van der Waals surface area contributed by atoms with Crippen LogP contribution in [0.25, 0.3) is 0 Å². The molecule has 0 aliphatic carbocycles. The molecule has 4 rings (SSSR count). The van der Waals surface area contributed by atoms with E-state index in [2.05, 4.69) is 41.4 Å². The molecule has 31 heavy (non-hydrogen) atoms. The Hall–Kier alpha value is -2.66. The molecule has 1 unspecified atom stereocenters. The number of nitrogens with one attached hydrogen (secondary N) is 2. The second-order valence-corrected chi connectivity index (χ2v) is 8.09. The number of ether oxygens (including phenoxy) is 1. The number of likely N-dealkylation sites (tertiary alicyclic amines) is 1. The summed E-state index contributed by atoms with van der Waals surface area (Å²) in [6, 6.07) is 3.41. The number of carbonyl (C=O) groups is 1. The summed E-state index contributed by atoms with van der Waals surface area (Å²) in [7, 11) is 0. The first kappa shape index (κ1) is 21.6. The molecule has 0 radical (unpaired) electrons. The second-order valence-electron chi connectivity index (χ2n) is 7.24. The molecule has 0 saturated carbocycles. The molecule has 2 aliphatic rings. The van der Waals surface area contributed by atoms with Crippen LogP contribution in [0, 0.1) is 5.82 Å². The van der Waals surface area contributed by atoms with Crippen LogP contribution in [0.15, 0.2) is 45.3 Å². The lowest BCUT2D eigenvalue weighted by molar-refractivity contribution is -0.139. The zero-order chi connectivity index (χ0) is 22.0. The smallest absolute Gasteiger partial charge is 0.338 e. The summed E-state index contributed by atoms with van der Waals surface area (Å²) in [5, 5.41) is 9.78. The molecule has 164 valence electrons. The molecular formula is C20H21BrF2N6O2. The summed E-state index contributed by atoms with van der Waals surface area (Å²) < 4.78 is 33.3. The molecular weight excluding hydrogens is 474 g/mol. The maximum absolute atomic E-state index is 13.8. The molecule has 8 nitrogen and oxygen atoms in total. The van der Waals surface area contributed by atoms with E-state index in [0.717, 1.165) is 0 Å². The molecule has 1 fully saturated rings. The van der Waals surface area contributed by atoms with Crippen LogP contribution in [-0.4, -0.2) is 64.3 Å². The number of hydrogen-bond acceptors (Lipinski definition) is 7. The monoisotopic (exact) mass is 494 g/mol. The van der Waals surface area contributed by atoms with E-state index in [4.69, 9.17) is 4.74 Å². The van der Waals surface area contributed by atoms with Gasteiger partial charge in [-0.25, -0.2) is 18.6 Å². The highest BCUT2D eigenvalue weighted by Crippen LogP contribution is 2.36. The van der Waals surface area contributed by atoms with Crippen molar-refractivity contribution in [1.29, 1.82) is 0 Å². The van der Waals surface area contributed by atoms with E-state index < -0.39 is 24.0 Å². The fourth-order valence-corrected chi connectivity index (χ4v) is 4.28. The van der Waals surface area contributed by atoms with Crippen LogP contribution in [-0.2, 0) is 9.53 Å². The van der Waals surface area contributed by atoms with Gasteiger partial charge in [0.1, 0.15) is 24.4 Å². The van der Waals surface area contributed by atoms with Crippen molar-refractivity contribution < 1.29 is 18.3 Å². The van der Waals surface area contributed by atoms with Crippen LogP contribution in [0.4, 0.5) is 8.78 Å². The maximum atomic E-state index is 13.8. The Morgan fingerprint density at radius 2 is 2.26 bits per heavy atom. The number of nitrogens with zero attached hydrogens (tertiary/aromatic N) is 4. The molecule has 0 bridgehead atoms. The first-order valence-corrected chi connectivity index (χ1v) is 10.7. The van der Waals surface area contributed by atoms with E-state index in [0.29, 0.717) is 52.5 Å². The van der Waals surface area contributed by atoms with Crippen LogP contribution in [0.5, 0.6) is 0 Å². The van der Waals surface area contributed by atoms with Gasteiger partial charge in [-0.3, -0.25) is 15.0 Å². The minimum Gasteiger partial charge on any atom is -0.463 e. The summed E-state index contributed by atoms with van der Waals surface area (Å²) in [6.07, 6.45) is 0.887. The zero-order valence-electron chi connectivity index (χ0n) is 16.7. The standard InChI is InChI=1S/C20H21BrF2N6O2/c1-2-31-20(30)16-15(9-29-6-5-12(23)8-29)26-19(18-24-10-25-28-18)27-17(16)13-4-3-11(22)7-14(13)21/h3-4,7,10,12,17H,2,5-6,8-9H2,1H3,(H,26,27)(H,24,25,28)/t12-,17?/m1/s1. The zero-order valence-corrected chi connectivity index (χ0v) is 18.3. The van der Waals surface area contributed by atoms with Crippen molar-refractivity contribution >= 4 is 27.7 Å². The Kier molecular flexibility index (Phi) is 6.42. The molecule has 0 spiro atoms. The first-order valence-electron chi connectivity index (χ1n) is 9.88. The molecule has 2 aromatic rings. The number of H-pyrrole nitrogens is 1. The van der Waals surface area contributed by atoms with Gasteiger partial charge < -0.3 is 10.1 Å². The Balaban J connectivity index is 1.81. The Morgan fingerprint density at radius 1 is 1.42 bits per heavy atom. The molecule has 1 saturated heterocycles. The van der Waals surface area contributed by atoms with E-state index in [1.165, 1.54) is 18.5 Å². The highest BCUT2D eigenvalue weighted by molar-refractivity contribution is 9.10. The van der Waals surface area contributed by atoms with Gasteiger partial charge >= 0.3 is 5.97 Å². The van der Waals surface area contributed by atoms with E-state index >= 15 is 0 Å². The van der Waals surface area contributed by atoms with Crippen molar-refractivity contribution in [3.8, 4) is 0 Å². The van der Waals surface area contributed by atoms with Crippen LogP contribution in [0.2, 0.25) is 0 Å². The fraction of sp³-hybridized carbons (Fsp3) is 0.400. The van der Waals surface area contributed by atoms with Crippen molar-refractivity contribution in [2.24, 2.45) is 4.99 Å². The van der Waals surface area contributed by atoms with Crippen molar-refractivity contribution in [3.63, 3.8) is 0 Å². The number of esters is 1. The summed E-state index contributed by atoms with van der Waals surface area (Å²) in [5.41, 5.74) is 1.42. The first-order chi connectivity index (χ1) is 15.0. The lowest BCUT2D eigenvalue weighted by Gasteiger charge is -2.29. The number of amidine groups is 1. The van der Waals surface area contributed by atoms with E-state index in [1.54, 1.807) is 13.0 Å². The Bertz CT molecular complexity index is 1030. The second kappa shape index (κ2) is 9.23. The van der Waals surface area contributed by atoms with Crippen LogP contribution in [0.1, 0.15) is 30.8 Å². The minimum absolute atomic E-state index is 0.182. The molecule has 0 amide bonds. The van der Waals surface area contributed by atoms with Gasteiger partial charge in [-0.1, -0.05) is 22.0 Å². The maximum Gasteiger partial charge on any atom is 0.338 e. The molecule has 3 heterocycles.